The second-order valence-corrected chi connectivity index (χ2v) is 12.0. The van der Waals surface area contributed by atoms with E-state index in [4.69, 9.17) is 14.4 Å². The van der Waals surface area contributed by atoms with E-state index in [0.717, 1.165) is 83.6 Å². The Bertz CT molecular complexity index is 3010. The van der Waals surface area contributed by atoms with Gasteiger partial charge in [0.25, 0.3) is 0 Å². The largest absolute Gasteiger partial charge is 0.436 e. The summed E-state index contributed by atoms with van der Waals surface area (Å²) in [6, 6.07) is 50.8. The van der Waals surface area contributed by atoms with Crippen molar-refractivity contribution >= 4 is 66.9 Å². The van der Waals surface area contributed by atoms with E-state index in [9.17, 15) is 0 Å². The van der Waals surface area contributed by atoms with E-state index in [1.54, 1.807) is 0 Å². The Morgan fingerprint density at radius 2 is 1.06 bits per heavy atom. The minimum Gasteiger partial charge on any atom is -0.436 e. The summed E-state index contributed by atoms with van der Waals surface area (Å²) < 4.78 is 15.2. The van der Waals surface area contributed by atoms with Crippen LogP contribution in [-0.4, -0.2) is 27.9 Å². The first-order valence-electron chi connectivity index (χ1n) is 15.7. The lowest BCUT2D eigenvalue weighted by molar-refractivity contribution is 0.656. The molecule has 0 aliphatic heterocycles. The smallest absolute Gasteiger partial charge is 0.248 e. The molecule has 0 unspecified atom stereocenters. The van der Waals surface area contributed by atoms with Gasteiger partial charge in [-0.2, -0.15) is 4.98 Å². The average Bonchev–Trinajstić information content (AvgIpc) is 3.90. The third kappa shape index (κ3) is 3.29. The van der Waals surface area contributed by atoms with Crippen LogP contribution in [0, 0.1) is 0 Å². The standard InChI is InChI=1S/C40H24N6O/c1-3-11-27(12-4-1)43-32-21-19-26(24-35(32)45-31-17-9-8-16-30(31)41-39(43)45)25-20-22-33-34(23-25)44(28-13-5-2-6-14-28)40-42-38-37(46(33)40)29-15-7-10-18-36(29)47-38/h1-24H. The predicted octanol–water partition coefficient (Wildman–Crippen LogP) is 9.59. The van der Waals surface area contributed by atoms with Gasteiger partial charge in [-0.3, -0.25) is 17.9 Å². The number of hydrogen-bond donors (Lipinski definition) is 0. The number of aromatic nitrogens is 6. The summed E-state index contributed by atoms with van der Waals surface area (Å²) >= 11 is 0. The Balaban J connectivity index is 1.20. The quantitative estimate of drug-likeness (QED) is 0.202. The van der Waals surface area contributed by atoms with Crippen molar-refractivity contribution in [1.29, 1.82) is 0 Å². The number of furan rings is 1. The van der Waals surface area contributed by atoms with Gasteiger partial charge in [0.2, 0.25) is 17.3 Å². The van der Waals surface area contributed by atoms with E-state index in [2.05, 4.69) is 127 Å². The lowest BCUT2D eigenvalue weighted by Gasteiger charge is -2.08. The highest BCUT2D eigenvalue weighted by Gasteiger charge is 2.23. The zero-order chi connectivity index (χ0) is 30.6. The van der Waals surface area contributed by atoms with E-state index in [0.29, 0.717) is 5.71 Å². The fraction of sp³-hybridized carbons (Fsp3) is 0. The molecule has 0 atom stereocenters. The Morgan fingerprint density at radius 1 is 0.447 bits per heavy atom. The van der Waals surface area contributed by atoms with Crippen molar-refractivity contribution in [2.75, 3.05) is 0 Å². The summed E-state index contributed by atoms with van der Waals surface area (Å²) in [5.41, 5.74) is 13.3. The van der Waals surface area contributed by atoms with E-state index >= 15 is 0 Å². The highest BCUT2D eigenvalue weighted by Crippen LogP contribution is 2.37. The molecule has 0 saturated carbocycles. The summed E-state index contributed by atoms with van der Waals surface area (Å²) in [6.07, 6.45) is 0. The molecule has 220 valence electrons. The Morgan fingerprint density at radius 3 is 1.85 bits per heavy atom. The minimum absolute atomic E-state index is 0.641. The second-order valence-electron chi connectivity index (χ2n) is 12.0. The van der Waals surface area contributed by atoms with Crippen LogP contribution in [0.4, 0.5) is 0 Å². The van der Waals surface area contributed by atoms with E-state index in [-0.39, 0.29) is 0 Å². The summed E-state index contributed by atoms with van der Waals surface area (Å²) in [7, 11) is 0. The molecule has 47 heavy (non-hydrogen) atoms. The number of fused-ring (bicyclic) bond motifs is 12. The molecule has 0 fully saturated rings. The Hall–Kier alpha value is -6.60. The summed E-state index contributed by atoms with van der Waals surface area (Å²) in [5, 5.41) is 1.05. The molecule has 0 spiro atoms. The van der Waals surface area contributed by atoms with Crippen LogP contribution in [0.1, 0.15) is 0 Å². The molecule has 11 rings (SSSR count). The van der Waals surface area contributed by atoms with Crippen molar-refractivity contribution in [2.24, 2.45) is 0 Å². The summed E-state index contributed by atoms with van der Waals surface area (Å²) in [6.45, 7) is 0. The van der Waals surface area contributed by atoms with Crippen molar-refractivity contribution in [2.45, 2.75) is 0 Å². The maximum absolute atomic E-state index is 6.21. The molecular weight excluding hydrogens is 580 g/mol. The van der Waals surface area contributed by atoms with Gasteiger partial charge in [0.15, 0.2) is 0 Å². The molecule has 0 bridgehead atoms. The fourth-order valence-electron chi connectivity index (χ4n) is 7.35. The molecule has 11 aromatic rings. The van der Waals surface area contributed by atoms with Gasteiger partial charge in [-0.1, -0.05) is 72.8 Å². The molecule has 7 heteroatoms. The van der Waals surface area contributed by atoms with Gasteiger partial charge in [0, 0.05) is 16.8 Å². The van der Waals surface area contributed by atoms with Gasteiger partial charge >= 0.3 is 0 Å². The minimum atomic E-state index is 0.641. The monoisotopic (exact) mass is 604 g/mol. The second kappa shape index (κ2) is 8.99. The molecule has 7 nitrogen and oxygen atoms in total. The van der Waals surface area contributed by atoms with Crippen molar-refractivity contribution < 1.29 is 4.42 Å². The SMILES string of the molecule is c1ccc(-n2c3ccc(-c4ccc5c(c4)n(-c4ccccc4)c4nc6oc7ccccc7c6n54)cc3n3c4ccccc4nc23)cc1. The number of nitrogens with zero attached hydrogens (tertiary/aromatic N) is 6. The predicted molar refractivity (Wildman–Crippen MR) is 188 cm³/mol. The molecule has 0 radical (unpaired) electrons. The first-order chi connectivity index (χ1) is 23.3. The normalized spacial score (nSPS) is 12.3. The van der Waals surface area contributed by atoms with Gasteiger partial charge in [-0.05, 0) is 83.9 Å². The topological polar surface area (TPSA) is 57.6 Å². The van der Waals surface area contributed by atoms with Crippen LogP contribution < -0.4 is 0 Å². The number of hydrogen-bond acceptors (Lipinski definition) is 3. The number of rotatable bonds is 3. The third-order valence-electron chi connectivity index (χ3n) is 9.40. The van der Waals surface area contributed by atoms with Gasteiger partial charge in [0.05, 0.1) is 33.1 Å². The number of para-hydroxylation sites is 5. The molecule has 0 aliphatic carbocycles. The zero-order valence-corrected chi connectivity index (χ0v) is 24.9. The molecule has 0 amide bonds. The number of imidazole rings is 4. The van der Waals surface area contributed by atoms with Crippen LogP contribution in [0.15, 0.2) is 150 Å². The average molecular weight is 605 g/mol. The van der Waals surface area contributed by atoms with Crippen LogP contribution in [-0.2, 0) is 0 Å². The molecule has 0 N–H and O–H groups in total. The van der Waals surface area contributed by atoms with E-state index < -0.39 is 0 Å². The summed E-state index contributed by atoms with van der Waals surface area (Å²) in [4.78, 5) is 10.1. The lowest BCUT2D eigenvalue weighted by Crippen LogP contribution is -1.95. The highest BCUT2D eigenvalue weighted by atomic mass is 16.3. The van der Waals surface area contributed by atoms with Crippen LogP contribution in [0.5, 0.6) is 0 Å². The molecule has 0 aliphatic rings. The first-order valence-corrected chi connectivity index (χ1v) is 15.7. The zero-order valence-electron chi connectivity index (χ0n) is 24.9. The molecule has 6 aromatic carbocycles. The van der Waals surface area contributed by atoms with Gasteiger partial charge in [-0.15, -0.1) is 0 Å². The number of benzene rings is 6. The summed E-state index contributed by atoms with van der Waals surface area (Å²) in [5.74, 6) is 1.72. The van der Waals surface area contributed by atoms with Crippen molar-refractivity contribution in [3.63, 3.8) is 0 Å². The Kier molecular flexibility index (Phi) is 4.72. The van der Waals surface area contributed by atoms with Crippen molar-refractivity contribution in [3.8, 4) is 22.5 Å². The maximum Gasteiger partial charge on any atom is 0.248 e. The van der Waals surface area contributed by atoms with E-state index in [1.807, 2.05) is 36.4 Å². The third-order valence-corrected chi connectivity index (χ3v) is 9.40. The van der Waals surface area contributed by atoms with Crippen molar-refractivity contribution in [1.82, 2.24) is 27.9 Å². The van der Waals surface area contributed by atoms with Crippen molar-refractivity contribution in [3.05, 3.63) is 146 Å². The molecule has 5 aromatic heterocycles. The van der Waals surface area contributed by atoms with Crippen LogP contribution >= 0.6 is 0 Å². The molecule has 0 saturated heterocycles. The van der Waals surface area contributed by atoms with Crippen LogP contribution in [0.3, 0.4) is 0 Å². The van der Waals surface area contributed by atoms with Gasteiger partial charge < -0.3 is 4.42 Å². The highest BCUT2D eigenvalue weighted by molar-refractivity contribution is 6.06. The molecular formula is C40H24N6O. The first kappa shape index (κ1) is 24.7. The van der Waals surface area contributed by atoms with E-state index in [1.165, 1.54) is 0 Å². The Labute approximate surface area is 266 Å². The van der Waals surface area contributed by atoms with Crippen LogP contribution in [0.2, 0.25) is 0 Å². The molecule has 5 heterocycles. The van der Waals surface area contributed by atoms with Gasteiger partial charge in [0.1, 0.15) is 11.1 Å². The lowest BCUT2D eigenvalue weighted by atomic mass is 10.0. The fourth-order valence-corrected chi connectivity index (χ4v) is 7.35. The van der Waals surface area contributed by atoms with Gasteiger partial charge in [-0.25, -0.2) is 4.98 Å². The van der Waals surface area contributed by atoms with Crippen LogP contribution in [0.25, 0.3) is 89.4 Å². The maximum atomic E-state index is 6.21.